The van der Waals surface area contributed by atoms with E-state index in [1.807, 2.05) is 104 Å². The van der Waals surface area contributed by atoms with E-state index in [1.165, 1.54) is 5.56 Å². The molecule has 0 atom stereocenters. The smallest absolute Gasteiger partial charge is 0.0645 e. The van der Waals surface area contributed by atoms with E-state index in [9.17, 15) is 0 Å². The maximum Gasteiger partial charge on any atom is 0.0645 e. The van der Waals surface area contributed by atoms with Crippen LogP contribution in [0.3, 0.4) is 0 Å². The molecule has 0 aromatic heterocycles. The first-order chi connectivity index (χ1) is 24.3. The lowest BCUT2D eigenvalue weighted by molar-refractivity contribution is 1.27. The quantitative estimate of drug-likeness (QED) is 0.172. The molecule has 0 unspecified atom stereocenters. The van der Waals surface area contributed by atoms with Crippen molar-refractivity contribution < 1.29 is 5.48 Å². The Kier molecular flexibility index (Phi) is 6.92. The highest BCUT2D eigenvalue weighted by molar-refractivity contribution is 5.80. The van der Waals surface area contributed by atoms with Gasteiger partial charge in [-0.25, -0.2) is 0 Å². The third kappa shape index (κ3) is 6.20. The Hall–Kier alpha value is -5.86. The van der Waals surface area contributed by atoms with Crippen LogP contribution in [0.1, 0.15) is 16.6 Å². The molecule has 0 amide bonds. The van der Waals surface area contributed by atoms with Crippen LogP contribution in [0.2, 0.25) is 0 Å². The largest absolute Gasteiger partial charge is 0.311 e. The van der Waals surface area contributed by atoms with Crippen molar-refractivity contribution in [1.29, 1.82) is 0 Å². The number of benzene rings is 7. The van der Waals surface area contributed by atoms with Crippen LogP contribution in [-0.2, 0) is 0 Å². The zero-order valence-electron chi connectivity index (χ0n) is 29.9. The maximum atomic E-state index is 9.12. The van der Waals surface area contributed by atoms with Crippen LogP contribution in [0.5, 0.6) is 0 Å². The molecule has 222 valence electrons. The molecule has 0 fully saturated rings. The predicted octanol–water partition coefficient (Wildman–Crippen LogP) is 12.6. The first kappa shape index (κ1) is 24.5. The topological polar surface area (TPSA) is 6.48 Å². The van der Waals surface area contributed by atoms with Gasteiger partial charge in [0.2, 0.25) is 0 Å². The molecule has 0 aliphatic carbocycles. The van der Waals surface area contributed by atoms with Crippen molar-refractivity contribution in [3.63, 3.8) is 0 Å². The van der Waals surface area contributed by atoms with Crippen molar-refractivity contribution in [2.75, 3.05) is 9.80 Å². The summed E-state index contributed by atoms with van der Waals surface area (Å²) in [5.41, 5.74) is 10.2. The minimum Gasteiger partial charge on any atom is -0.311 e. The third-order valence-corrected chi connectivity index (χ3v) is 8.08. The lowest BCUT2D eigenvalue weighted by atomic mass is 9.99. The molecule has 0 heterocycles. The van der Waals surface area contributed by atoms with Gasteiger partial charge in [0.15, 0.2) is 0 Å². The van der Waals surface area contributed by atoms with Crippen LogP contribution in [0, 0.1) is 13.8 Å². The van der Waals surface area contributed by atoms with Crippen molar-refractivity contribution in [2.24, 2.45) is 0 Å². The number of nitrogens with zero attached hydrogens (tertiary/aromatic N) is 2. The first-order valence-electron chi connectivity index (χ1n) is 17.4. The number of rotatable bonds is 8. The molecular formula is C44H36N2. The van der Waals surface area contributed by atoms with E-state index in [1.54, 1.807) is 4.90 Å². The highest BCUT2D eigenvalue weighted by Gasteiger charge is 2.14. The van der Waals surface area contributed by atoms with Crippen LogP contribution in [-0.4, -0.2) is 0 Å². The third-order valence-electron chi connectivity index (χ3n) is 8.08. The van der Waals surface area contributed by atoms with Crippen LogP contribution in [0.4, 0.5) is 34.1 Å². The summed E-state index contributed by atoms with van der Waals surface area (Å²) in [4.78, 5) is 4.03. The van der Waals surface area contributed by atoms with E-state index >= 15 is 0 Å². The molecule has 0 saturated carbocycles. The first-order valence-corrected chi connectivity index (χ1v) is 15.4. The van der Waals surface area contributed by atoms with E-state index in [0.29, 0.717) is 5.56 Å². The second kappa shape index (κ2) is 13.0. The van der Waals surface area contributed by atoms with E-state index in [-0.39, 0.29) is 35.4 Å². The van der Waals surface area contributed by atoms with Crippen molar-refractivity contribution >= 4 is 34.1 Å². The van der Waals surface area contributed by atoms with Gasteiger partial charge in [0.05, 0.1) is 5.48 Å². The Morgan fingerprint density at radius 2 is 0.609 bits per heavy atom. The summed E-state index contributed by atoms with van der Waals surface area (Å²) >= 11 is 0. The summed E-state index contributed by atoms with van der Waals surface area (Å²) in [7, 11) is 0. The molecule has 0 radical (unpaired) electrons. The van der Waals surface area contributed by atoms with Crippen molar-refractivity contribution in [3.05, 3.63) is 193 Å². The summed E-state index contributed by atoms with van der Waals surface area (Å²) in [5, 5.41) is 0. The minimum atomic E-state index is -0.0957. The highest BCUT2D eigenvalue weighted by atomic mass is 15.1. The fourth-order valence-electron chi connectivity index (χ4n) is 5.59. The predicted molar refractivity (Wildman–Crippen MR) is 196 cm³/mol. The molecule has 2 nitrogen and oxygen atoms in total. The fraction of sp³-hybridized carbons (Fsp3) is 0.0455. The molecule has 7 rings (SSSR count). The normalized spacial score (nSPS) is 12.0. The Labute approximate surface area is 278 Å². The second-order valence-electron chi connectivity index (χ2n) is 11.4. The molecule has 0 aliphatic heterocycles. The van der Waals surface area contributed by atoms with Gasteiger partial charge in [-0.3, -0.25) is 0 Å². The molecule has 46 heavy (non-hydrogen) atoms. The van der Waals surface area contributed by atoms with E-state index < -0.39 is 0 Å². The molecular weight excluding hydrogens is 556 g/mol. The summed E-state index contributed by atoms with van der Waals surface area (Å²) in [6.45, 7) is 4.10. The van der Waals surface area contributed by atoms with Crippen molar-refractivity contribution in [2.45, 2.75) is 13.8 Å². The average Bonchev–Trinajstić information content (AvgIpc) is 3.15. The fourth-order valence-corrected chi connectivity index (χ4v) is 5.59. The Bertz CT molecular complexity index is 2210. The molecule has 7 aromatic rings. The van der Waals surface area contributed by atoms with Crippen LogP contribution in [0.25, 0.3) is 22.3 Å². The van der Waals surface area contributed by atoms with Gasteiger partial charge in [0.1, 0.15) is 0 Å². The number of hydrogen-bond acceptors (Lipinski definition) is 2. The van der Waals surface area contributed by atoms with Crippen LogP contribution in [0.15, 0.2) is 182 Å². The van der Waals surface area contributed by atoms with Gasteiger partial charge in [-0.2, -0.15) is 0 Å². The number of para-hydroxylation sites is 2. The van der Waals surface area contributed by atoms with Gasteiger partial charge < -0.3 is 9.80 Å². The number of anilines is 6. The monoisotopic (exact) mass is 596 g/mol. The summed E-state index contributed by atoms with van der Waals surface area (Å²) in [5.74, 6) is 0. The lowest BCUT2D eigenvalue weighted by Crippen LogP contribution is -2.09. The molecule has 0 spiro atoms. The minimum absolute atomic E-state index is 0.0803. The Balaban J connectivity index is 1.22. The van der Waals surface area contributed by atoms with Gasteiger partial charge >= 0.3 is 0 Å². The Morgan fingerprint density at radius 3 is 1.02 bits per heavy atom. The SMILES string of the molecule is [2H]c1c([2H])c(N(c2ccccc2)c2ccc(C)cc2)c([2H])c([2H])c1-c1ccc(-c2ccc(N(c3ccccc3)c3ccc(C)cc3)cc2)cc1. The van der Waals surface area contributed by atoms with Gasteiger partial charge in [-0.05, 0) is 109 Å². The van der Waals surface area contributed by atoms with Gasteiger partial charge in [-0.15, -0.1) is 0 Å². The summed E-state index contributed by atoms with van der Waals surface area (Å²) in [6, 6.07) is 52.0. The highest BCUT2D eigenvalue weighted by Crippen LogP contribution is 2.37. The van der Waals surface area contributed by atoms with Gasteiger partial charge in [0.25, 0.3) is 0 Å². The van der Waals surface area contributed by atoms with Crippen molar-refractivity contribution in [1.82, 2.24) is 0 Å². The molecule has 0 saturated heterocycles. The average molecular weight is 597 g/mol. The van der Waals surface area contributed by atoms with E-state index in [0.717, 1.165) is 45.1 Å². The van der Waals surface area contributed by atoms with Crippen LogP contribution >= 0.6 is 0 Å². The van der Waals surface area contributed by atoms with E-state index in [2.05, 4.69) is 72.5 Å². The molecule has 0 bridgehead atoms. The van der Waals surface area contributed by atoms with Gasteiger partial charge in [-0.1, -0.05) is 120 Å². The number of aryl methyl sites for hydroxylation is 2. The second-order valence-corrected chi connectivity index (χ2v) is 11.4. The van der Waals surface area contributed by atoms with E-state index in [4.69, 9.17) is 5.48 Å². The zero-order valence-corrected chi connectivity index (χ0v) is 25.9. The standard InChI is InChI=1S/C44H36N2/c1-33-13-25-41(26-14-33)45(39-9-5-3-6-10-39)43-29-21-37(22-30-43)35-17-19-36(20-18-35)38-23-31-44(32-24-38)46(40-11-7-4-8-12-40)42-27-15-34(2)16-28-42/h3-32H,1-2H3/i21D,22D,29D,30D. The number of hydrogen-bond donors (Lipinski definition) is 0. The Morgan fingerprint density at radius 1 is 0.304 bits per heavy atom. The lowest BCUT2D eigenvalue weighted by Gasteiger charge is -2.26. The van der Waals surface area contributed by atoms with Gasteiger partial charge in [0, 0.05) is 34.1 Å². The van der Waals surface area contributed by atoms with Crippen molar-refractivity contribution in [3.8, 4) is 22.3 Å². The molecule has 2 heteroatoms. The summed E-state index contributed by atoms with van der Waals surface area (Å²) < 4.78 is 36.4. The molecule has 0 N–H and O–H groups in total. The maximum absolute atomic E-state index is 9.12. The zero-order chi connectivity index (χ0) is 34.8. The molecule has 0 aliphatic rings. The van der Waals surface area contributed by atoms with Crippen LogP contribution < -0.4 is 9.80 Å². The molecule has 7 aromatic carbocycles. The summed E-state index contributed by atoms with van der Waals surface area (Å²) in [6.07, 6.45) is 0.